The van der Waals surface area contributed by atoms with Gasteiger partial charge in [0.15, 0.2) is 15.0 Å². The molecule has 1 aromatic heterocycles. The minimum atomic E-state index is -3.24. The molecule has 0 bridgehead atoms. The Hall–Kier alpha value is -2.42. The third-order valence-corrected chi connectivity index (χ3v) is 5.99. The number of sulfone groups is 1. The fourth-order valence-corrected chi connectivity index (χ4v) is 3.73. The van der Waals surface area contributed by atoms with Gasteiger partial charge in [0.25, 0.3) is 5.91 Å². The quantitative estimate of drug-likeness (QED) is 0.633. The number of thiazole rings is 1. The molecule has 0 aliphatic rings. The van der Waals surface area contributed by atoms with Gasteiger partial charge < -0.3 is 10.6 Å². The molecule has 2 N–H and O–H groups in total. The van der Waals surface area contributed by atoms with Gasteiger partial charge in [0.1, 0.15) is 5.69 Å². The Bertz CT molecular complexity index is 1090. The first-order valence-corrected chi connectivity index (χ1v) is 11.0. The summed E-state index contributed by atoms with van der Waals surface area (Å²) in [5.74, 6) is -0.341. The molecule has 2 aromatic carbocycles. The molecule has 140 valence electrons. The van der Waals surface area contributed by atoms with Crippen LogP contribution in [0.4, 0.5) is 16.5 Å². The zero-order chi connectivity index (χ0) is 19.6. The summed E-state index contributed by atoms with van der Waals surface area (Å²) >= 11 is 7.34. The number of anilines is 3. The molecular weight excluding hydrogens is 406 g/mol. The zero-order valence-electron chi connectivity index (χ0n) is 14.5. The van der Waals surface area contributed by atoms with Gasteiger partial charge in [-0.3, -0.25) is 4.79 Å². The lowest BCUT2D eigenvalue weighted by Crippen LogP contribution is -2.12. The molecule has 0 saturated heterocycles. The largest absolute Gasteiger partial charge is 0.332 e. The Labute approximate surface area is 166 Å². The van der Waals surface area contributed by atoms with Gasteiger partial charge in [-0.05, 0) is 48.9 Å². The number of halogens is 1. The van der Waals surface area contributed by atoms with Crippen LogP contribution in [0, 0.1) is 6.92 Å². The molecule has 0 atom stereocenters. The number of hydrogen-bond donors (Lipinski definition) is 2. The van der Waals surface area contributed by atoms with E-state index in [2.05, 4.69) is 15.6 Å². The smallest absolute Gasteiger partial charge is 0.275 e. The number of carbonyl (C=O) groups is 1. The van der Waals surface area contributed by atoms with Crippen LogP contribution in [-0.4, -0.2) is 25.6 Å². The fraction of sp³-hybridized carbons (Fsp3) is 0.111. The van der Waals surface area contributed by atoms with E-state index in [4.69, 9.17) is 11.6 Å². The van der Waals surface area contributed by atoms with Gasteiger partial charge in [0.05, 0.1) is 4.90 Å². The number of amides is 1. The lowest BCUT2D eigenvalue weighted by Gasteiger charge is -2.05. The van der Waals surface area contributed by atoms with Crippen molar-refractivity contribution in [2.75, 3.05) is 16.9 Å². The highest BCUT2D eigenvalue weighted by molar-refractivity contribution is 7.90. The van der Waals surface area contributed by atoms with Crippen LogP contribution in [0.25, 0.3) is 0 Å². The third-order valence-electron chi connectivity index (χ3n) is 3.70. The number of aromatic nitrogens is 1. The van der Waals surface area contributed by atoms with Crippen molar-refractivity contribution in [1.29, 1.82) is 0 Å². The second kappa shape index (κ2) is 7.67. The number of carbonyl (C=O) groups excluding carboxylic acids is 1. The number of benzene rings is 2. The predicted molar refractivity (Wildman–Crippen MR) is 109 cm³/mol. The topological polar surface area (TPSA) is 88.2 Å². The highest BCUT2D eigenvalue weighted by Crippen LogP contribution is 2.24. The van der Waals surface area contributed by atoms with E-state index >= 15 is 0 Å². The Kier molecular flexibility index (Phi) is 5.50. The first-order chi connectivity index (χ1) is 12.7. The van der Waals surface area contributed by atoms with Gasteiger partial charge in [-0.25, -0.2) is 13.4 Å². The average Bonchev–Trinajstić information content (AvgIpc) is 3.06. The molecule has 3 rings (SSSR count). The van der Waals surface area contributed by atoms with E-state index in [1.54, 1.807) is 29.6 Å². The summed E-state index contributed by atoms with van der Waals surface area (Å²) in [6.07, 6.45) is 1.16. The maximum Gasteiger partial charge on any atom is 0.275 e. The van der Waals surface area contributed by atoms with E-state index in [-0.39, 0.29) is 16.5 Å². The van der Waals surface area contributed by atoms with Gasteiger partial charge in [0.2, 0.25) is 0 Å². The predicted octanol–water partition coefficient (Wildman–Crippen LogP) is 4.50. The Balaban J connectivity index is 1.68. The van der Waals surface area contributed by atoms with Crippen molar-refractivity contribution in [3.05, 3.63) is 64.1 Å². The fourth-order valence-electron chi connectivity index (χ4n) is 2.21. The van der Waals surface area contributed by atoms with Gasteiger partial charge in [-0.2, -0.15) is 0 Å². The van der Waals surface area contributed by atoms with E-state index in [0.29, 0.717) is 21.5 Å². The second-order valence-corrected chi connectivity index (χ2v) is 9.16. The van der Waals surface area contributed by atoms with Crippen LogP contribution < -0.4 is 10.6 Å². The molecular formula is C18H16ClN3O3S2. The van der Waals surface area contributed by atoms with Crippen LogP contribution in [0.3, 0.4) is 0 Å². The van der Waals surface area contributed by atoms with Crippen molar-refractivity contribution in [3.8, 4) is 0 Å². The van der Waals surface area contributed by atoms with Crippen molar-refractivity contribution in [2.45, 2.75) is 11.8 Å². The molecule has 0 saturated carbocycles. The monoisotopic (exact) mass is 421 g/mol. The van der Waals surface area contributed by atoms with Gasteiger partial charge in [-0.1, -0.05) is 17.7 Å². The number of nitrogens with one attached hydrogen (secondary N) is 2. The van der Waals surface area contributed by atoms with Gasteiger partial charge in [-0.15, -0.1) is 11.3 Å². The summed E-state index contributed by atoms with van der Waals surface area (Å²) in [7, 11) is -3.24. The minimum Gasteiger partial charge on any atom is -0.332 e. The summed E-state index contributed by atoms with van der Waals surface area (Å²) in [4.78, 5) is 16.8. The highest BCUT2D eigenvalue weighted by Gasteiger charge is 2.12. The van der Waals surface area contributed by atoms with Crippen LogP contribution in [0.2, 0.25) is 5.02 Å². The first kappa shape index (κ1) is 19.3. The molecule has 9 heteroatoms. The van der Waals surface area contributed by atoms with Crippen molar-refractivity contribution < 1.29 is 13.2 Å². The third kappa shape index (κ3) is 4.85. The van der Waals surface area contributed by atoms with Crippen LogP contribution in [0.5, 0.6) is 0 Å². The second-order valence-electron chi connectivity index (χ2n) is 5.88. The molecule has 0 unspecified atom stereocenters. The highest BCUT2D eigenvalue weighted by atomic mass is 35.5. The molecule has 0 aliphatic carbocycles. The van der Waals surface area contributed by atoms with Crippen molar-refractivity contribution in [2.24, 2.45) is 0 Å². The maximum atomic E-state index is 12.3. The Morgan fingerprint density at radius 1 is 1.11 bits per heavy atom. The molecule has 0 spiro atoms. The Morgan fingerprint density at radius 3 is 2.41 bits per heavy atom. The van der Waals surface area contributed by atoms with Crippen LogP contribution in [0.15, 0.2) is 52.7 Å². The van der Waals surface area contributed by atoms with Gasteiger partial charge >= 0.3 is 0 Å². The van der Waals surface area contributed by atoms with E-state index in [0.717, 1.165) is 11.8 Å². The maximum absolute atomic E-state index is 12.3. The van der Waals surface area contributed by atoms with E-state index in [1.807, 2.05) is 13.0 Å². The zero-order valence-corrected chi connectivity index (χ0v) is 16.9. The summed E-state index contributed by atoms with van der Waals surface area (Å²) in [6, 6.07) is 11.6. The standard InChI is InChI=1S/C18H16ClN3O3S2/c1-11-3-4-13(9-15(11)19)20-17(23)16-10-26-18(22-16)21-12-5-7-14(8-6-12)27(2,24)25/h3-10H,1-2H3,(H,20,23)(H,21,22). The molecule has 6 nitrogen and oxygen atoms in total. The summed E-state index contributed by atoms with van der Waals surface area (Å²) in [5.41, 5.74) is 2.46. The average molecular weight is 422 g/mol. The van der Waals surface area contributed by atoms with E-state index in [9.17, 15) is 13.2 Å². The lowest BCUT2D eigenvalue weighted by molar-refractivity contribution is 0.102. The number of aryl methyl sites for hydroxylation is 1. The summed E-state index contributed by atoms with van der Waals surface area (Å²) in [6.45, 7) is 1.88. The Morgan fingerprint density at radius 2 is 1.78 bits per heavy atom. The summed E-state index contributed by atoms with van der Waals surface area (Å²) < 4.78 is 23.0. The molecule has 0 fully saturated rings. The van der Waals surface area contributed by atoms with Crippen LogP contribution in [0.1, 0.15) is 16.1 Å². The van der Waals surface area contributed by atoms with Crippen LogP contribution >= 0.6 is 22.9 Å². The minimum absolute atomic E-state index is 0.240. The number of nitrogens with zero attached hydrogens (tertiary/aromatic N) is 1. The lowest BCUT2D eigenvalue weighted by atomic mass is 10.2. The molecule has 0 aliphatic heterocycles. The van der Waals surface area contributed by atoms with E-state index in [1.165, 1.54) is 23.5 Å². The van der Waals surface area contributed by atoms with Crippen LogP contribution in [-0.2, 0) is 9.84 Å². The number of rotatable bonds is 5. The first-order valence-electron chi connectivity index (χ1n) is 7.82. The van der Waals surface area contributed by atoms with Crippen molar-refractivity contribution >= 4 is 55.2 Å². The van der Waals surface area contributed by atoms with Crippen molar-refractivity contribution in [3.63, 3.8) is 0 Å². The van der Waals surface area contributed by atoms with Gasteiger partial charge in [0, 0.05) is 28.0 Å². The SMILES string of the molecule is Cc1ccc(NC(=O)c2csc(Nc3ccc(S(C)(=O)=O)cc3)n2)cc1Cl. The molecule has 3 aromatic rings. The molecule has 27 heavy (non-hydrogen) atoms. The number of hydrogen-bond acceptors (Lipinski definition) is 6. The molecule has 0 radical (unpaired) electrons. The molecule has 1 heterocycles. The van der Waals surface area contributed by atoms with E-state index < -0.39 is 9.84 Å². The molecule has 1 amide bonds. The summed E-state index contributed by atoms with van der Waals surface area (Å²) in [5, 5.41) is 8.54. The van der Waals surface area contributed by atoms with Crippen molar-refractivity contribution in [1.82, 2.24) is 4.98 Å². The normalized spacial score (nSPS) is 11.2.